The first kappa shape index (κ1) is 13.9. The molecule has 0 spiro atoms. The number of thioether (sulfide) groups is 1. The fourth-order valence-corrected chi connectivity index (χ4v) is 2.71. The van der Waals surface area contributed by atoms with Gasteiger partial charge in [-0.3, -0.25) is 4.79 Å². The summed E-state index contributed by atoms with van der Waals surface area (Å²) in [4.78, 5) is 13.0. The highest BCUT2D eigenvalue weighted by molar-refractivity contribution is 8.00. The molecule has 0 atom stereocenters. The Balaban J connectivity index is 1.65. The van der Waals surface area contributed by atoms with Gasteiger partial charge in [-0.15, -0.1) is 11.8 Å². The van der Waals surface area contributed by atoms with Gasteiger partial charge in [0.1, 0.15) is 5.78 Å². The van der Waals surface area contributed by atoms with Crippen molar-refractivity contribution >= 4 is 17.5 Å². The van der Waals surface area contributed by atoms with Crippen molar-refractivity contribution in [2.75, 3.05) is 5.75 Å². The number of carbonyl (C=O) groups is 1. The van der Waals surface area contributed by atoms with Crippen molar-refractivity contribution < 1.29 is 4.79 Å². The van der Waals surface area contributed by atoms with E-state index in [-0.39, 0.29) is 0 Å². The van der Waals surface area contributed by atoms with Gasteiger partial charge in [0.15, 0.2) is 0 Å². The fourth-order valence-electron chi connectivity index (χ4n) is 1.89. The molecule has 0 saturated carbocycles. The van der Waals surface area contributed by atoms with Crippen LogP contribution in [0.15, 0.2) is 65.6 Å². The molecular weight excluding hydrogens is 252 g/mol. The van der Waals surface area contributed by atoms with Gasteiger partial charge in [-0.05, 0) is 30.5 Å². The van der Waals surface area contributed by atoms with Crippen LogP contribution in [0.5, 0.6) is 0 Å². The summed E-state index contributed by atoms with van der Waals surface area (Å²) in [7, 11) is 0. The maximum Gasteiger partial charge on any atom is 0.143 e. The number of benzene rings is 2. The predicted molar refractivity (Wildman–Crippen MR) is 81.6 cm³/mol. The molecular formula is C17H18OS. The zero-order chi connectivity index (χ0) is 13.3. The number of carbonyl (C=O) groups excluding carboxylic acids is 1. The number of Topliss-reactive ketones (excluding diaryl/α,β-unsaturated/α-hetero) is 1. The molecule has 0 heterocycles. The average Bonchev–Trinajstić information content (AvgIpc) is 2.47. The molecule has 0 radical (unpaired) electrons. The summed E-state index contributed by atoms with van der Waals surface area (Å²) >= 11 is 1.63. The lowest BCUT2D eigenvalue weighted by Gasteiger charge is -2.02. The minimum Gasteiger partial charge on any atom is -0.299 e. The van der Waals surface area contributed by atoms with Gasteiger partial charge in [-0.25, -0.2) is 0 Å². The van der Waals surface area contributed by atoms with E-state index in [0.717, 1.165) is 12.8 Å². The second kappa shape index (κ2) is 7.80. The zero-order valence-corrected chi connectivity index (χ0v) is 11.7. The van der Waals surface area contributed by atoms with E-state index < -0.39 is 0 Å². The number of rotatable bonds is 7. The Morgan fingerprint density at radius 3 is 2.21 bits per heavy atom. The van der Waals surface area contributed by atoms with Crippen molar-refractivity contribution in [2.24, 2.45) is 0 Å². The monoisotopic (exact) mass is 270 g/mol. The third-order valence-electron chi connectivity index (χ3n) is 2.91. The van der Waals surface area contributed by atoms with Crippen LogP contribution < -0.4 is 0 Å². The maximum atomic E-state index is 11.8. The van der Waals surface area contributed by atoms with E-state index in [2.05, 4.69) is 12.1 Å². The van der Waals surface area contributed by atoms with Crippen LogP contribution in [0.25, 0.3) is 0 Å². The number of hydrogen-bond acceptors (Lipinski definition) is 2. The summed E-state index contributed by atoms with van der Waals surface area (Å²) in [6, 6.07) is 20.4. The third-order valence-corrected chi connectivity index (χ3v) is 3.98. The molecule has 2 aromatic rings. The highest BCUT2D eigenvalue weighted by Gasteiger charge is 2.03. The minimum atomic E-state index is 0.338. The zero-order valence-electron chi connectivity index (χ0n) is 10.9. The molecule has 0 saturated heterocycles. The van der Waals surface area contributed by atoms with Crippen molar-refractivity contribution in [1.82, 2.24) is 0 Å². The molecule has 0 fully saturated rings. The Kier molecular flexibility index (Phi) is 5.70. The molecule has 0 N–H and O–H groups in total. The fraction of sp³-hybridized carbons (Fsp3) is 0.235. The Labute approximate surface area is 119 Å². The molecule has 0 bridgehead atoms. The van der Waals surface area contributed by atoms with Crippen molar-refractivity contribution in [3.63, 3.8) is 0 Å². The lowest BCUT2D eigenvalue weighted by molar-refractivity contribution is -0.116. The number of aryl methyl sites for hydroxylation is 1. The highest BCUT2D eigenvalue weighted by atomic mass is 32.2. The lowest BCUT2D eigenvalue weighted by atomic mass is 10.1. The van der Waals surface area contributed by atoms with E-state index in [1.54, 1.807) is 11.8 Å². The molecule has 0 aliphatic rings. The largest absolute Gasteiger partial charge is 0.299 e. The van der Waals surface area contributed by atoms with Crippen LogP contribution in [-0.4, -0.2) is 11.5 Å². The van der Waals surface area contributed by atoms with Gasteiger partial charge in [0.25, 0.3) is 0 Å². The van der Waals surface area contributed by atoms with E-state index in [9.17, 15) is 4.79 Å². The van der Waals surface area contributed by atoms with Gasteiger partial charge < -0.3 is 0 Å². The first-order chi connectivity index (χ1) is 9.34. The van der Waals surface area contributed by atoms with Gasteiger partial charge in [0.05, 0.1) is 5.75 Å². The summed E-state index contributed by atoms with van der Waals surface area (Å²) in [6.07, 6.45) is 2.61. The van der Waals surface area contributed by atoms with Crippen LogP contribution in [0.4, 0.5) is 0 Å². The Morgan fingerprint density at radius 1 is 0.895 bits per heavy atom. The Morgan fingerprint density at radius 2 is 1.53 bits per heavy atom. The standard InChI is InChI=1S/C17H18OS/c18-16(14-19-17-12-5-2-6-13-17)11-7-10-15-8-3-1-4-9-15/h1-6,8-9,12-13H,7,10-11,14H2. The molecule has 2 heteroatoms. The van der Waals surface area contributed by atoms with Crippen LogP contribution in [0, 0.1) is 0 Å². The molecule has 2 rings (SSSR count). The first-order valence-electron chi connectivity index (χ1n) is 6.58. The SMILES string of the molecule is O=C(CCCc1ccccc1)CSc1ccccc1. The van der Waals surface area contributed by atoms with Gasteiger partial charge in [0, 0.05) is 11.3 Å². The quantitative estimate of drug-likeness (QED) is 0.695. The van der Waals surface area contributed by atoms with Crippen molar-refractivity contribution in [1.29, 1.82) is 0 Å². The summed E-state index contributed by atoms with van der Waals surface area (Å²) in [5, 5.41) is 0. The summed E-state index contributed by atoms with van der Waals surface area (Å²) in [6.45, 7) is 0. The molecule has 2 aromatic carbocycles. The first-order valence-corrected chi connectivity index (χ1v) is 7.56. The predicted octanol–water partition coefficient (Wildman–Crippen LogP) is 4.37. The highest BCUT2D eigenvalue weighted by Crippen LogP contribution is 2.17. The number of ketones is 1. The molecule has 0 aliphatic heterocycles. The molecule has 19 heavy (non-hydrogen) atoms. The van der Waals surface area contributed by atoms with E-state index in [1.807, 2.05) is 48.5 Å². The Bertz CT molecular complexity index is 493. The topological polar surface area (TPSA) is 17.1 Å². The molecule has 0 aliphatic carbocycles. The van der Waals surface area contributed by atoms with E-state index in [4.69, 9.17) is 0 Å². The van der Waals surface area contributed by atoms with E-state index in [1.165, 1.54) is 10.5 Å². The summed E-state index contributed by atoms with van der Waals surface area (Å²) in [5.74, 6) is 0.920. The van der Waals surface area contributed by atoms with Gasteiger partial charge in [0.2, 0.25) is 0 Å². The molecule has 0 unspecified atom stereocenters. The van der Waals surface area contributed by atoms with Gasteiger partial charge in [-0.1, -0.05) is 48.5 Å². The van der Waals surface area contributed by atoms with Gasteiger partial charge in [-0.2, -0.15) is 0 Å². The Hall–Kier alpha value is -1.54. The van der Waals surface area contributed by atoms with Crippen LogP contribution in [0.1, 0.15) is 18.4 Å². The minimum absolute atomic E-state index is 0.338. The lowest BCUT2D eigenvalue weighted by Crippen LogP contribution is -2.01. The van der Waals surface area contributed by atoms with E-state index >= 15 is 0 Å². The summed E-state index contributed by atoms with van der Waals surface area (Å²) in [5.41, 5.74) is 1.31. The third kappa shape index (κ3) is 5.31. The molecule has 98 valence electrons. The second-order valence-corrected chi connectivity index (χ2v) is 5.53. The smallest absolute Gasteiger partial charge is 0.143 e. The molecule has 0 amide bonds. The van der Waals surface area contributed by atoms with Crippen molar-refractivity contribution in [2.45, 2.75) is 24.2 Å². The maximum absolute atomic E-state index is 11.8. The molecule has 1 nitrogen and oxygen atoms in total. The second-order valence-electron chi connectivity index (χ2n) is 4.48. The van der Waals surface area contributed by atoms with E-state index in [0.29, 0.717) is 18.0 Å². The van der Waals surface area contributed by atoms with Crippen LogP contribution in [-0.2, 0) is 11.2 Å². The van der Waals surface area contributed by atoms with Crippen molar-refractivity contribution in [3.05, 3.63) is 66.2 Å². The number of hydrogen-bond donors (Lipinski definition) is 0. The van der Waals surface area contributed by atoms with Crippen LogP contribution in [0.3, 0.4) is 0 Å². The summed E-state index contributed by atoms with van der Waals surface area (Å²) < 4.78 is 0. The molecule has 0 aromatic heterocycles. The normalized spacial score (nSPS) is 10.3. The van der Waals surface area contributed by atoms with Crippen LogP contribution in [0.2, 0.25) is 0 Å². The average molecular weight is 270 g/mol. The van der Waals surface area contributed by atoms with Crippen LogP contribution >= 0.6 is 11.8 Å². The van der Waals surface area contributed by atoms with Gasteiger partial charge >= 0.3 is 0 Å². The van der Waals surface area contributed by atoms with Crippen molar-refractivity contribution in [3.8, 4) is 0 Å².